The topological polar surface area (TPSA) is 122 Å². The molecule has 2 N–H and O–H groups in total. The van der Waals surface area contributed by atoms with Crippen LogP contribution in [0.15, 0.2) is 96.1 Å². The average molecular weight is 646 g/mol. The fraction of sp³-hybridized carbons (Fsp3) is 0.176. The number of halogens is 2. The molecule has 0 spiro atoms. The lowest BCUT2D eigenvalue weighted by Crippen LogP contribution is -2.50. The number of hydrogen-bond acceptors (Lipinski definition) is 7. The number of amides is 2. The molecule has 2 atom stereocenters. The van der Waals surface area contributed by atoms with Gasteiger partial charge in [-0.2, -0.15) is 10.4 Å². The van der Waals surface area contributed by atoms with Crippen LogP contribution >= 0.6 is 23.2 Å². The minimum atomic E-state index is -0.958. The van der Waals surface area contributed by atoms with Crippen LogP contribution in [-0.4, -0.2) is 37.3 Å². The van der Waals surface area contributed by atoms with E-state index in [1.165, 1.54) is 19.4 Å². The summed E-state index contributed by atoms with van der Waals surface area (Å²) in [4.78, 5) is 26.3. The van der Waals surface area contributed by atoms with E-state index in [1.54, 1.807) is 49.4 Å². The van der Waals surface area contributed by atoms with Crippen LogP contribution in [0, 0.1) is 11.3 Å². The van der Waals surface area contributed by atoms with Gasteiger partial charge in [-0.3, -0.25) is 9.59 Å². The van der Waals surface area contributed by atoms with Gasteiger partial charge in [-0.25, -0.2) is 5.43 Å². The Morgan fingerprint density at radius 1 is 0.933 bits per heavy atom. The summed E-state index contributed by atoms with van der Waals surface area (Å²) in [7, 11) is 1.51. The van der Waals surface area contributed by atoms with Gasteiger partial charge >= 0.3 is 0 Å². The zero-order valence-electron chi connectivity index (χ0n) is 24.5. The zero-order chi connectivity index (χ0) is 32.2. The molecule has 4 aromatic rings. The highest BCUT2D eigenvalue weighted by atomic mass is 35.5. The van der Waals surface area contributed by atoms with Crippen LogP contribution in [0.5, 0.6) is 17.2 Å². The fourth-order valence-corrected chi connectivity index (χ4v) is 4.66. The van der Waals surface area contributed by atoms with Gasteiger partial charge < -0.3 is 19.5 Å². The first-order valence-corrected chi connectivity index (χ1v) is 14.6. The van der Waals surface area contributed by atoms with Crippen molar-refractivity contribution < 1.29 is 23.8 Å². The van der Waals surface area contributed by atoms with E-state index >= 15 is 0 Å². The number of nitrogens with zero attached hydrogens (tertiary/aromatic N) is 2. The molecule has 11 heteroatoms. The number of benzene rings is 4. The van der Waals surface area contributed by atoms with Gasteiger partial charge in [0.1, 0.15) is 18.4 Å². The van der Waals surface area contributed by atoms with Gasteiger partial charge in [0, 0.05) is 17.0 Å². The van der Waals surface area contributed by atoms with Crippen molar-refractivity contribution in [2.24, 2.45) is 5.10 Å². The molecule has 9 nitrogen and oxygen atoms in total. The van der Waals surface area contributed by atoms with Crippen molar-refractivity contribution in [1.29, 1.82) is 5.26 Å². The molecule has 45 heavy (non-hydrogen) atoms. The van der Waals surface area contributed by atoms with Crippen LogP contribution in [0.2, 0.25) is 10.0 Å². The van der Waals surface area contributed by atoms with Crippen molar-refractivity contribution in [2.75, 3.05) is 7.11 Å². The summed E-state index contributed by atoms with van der Waals surface area (Å²) in [5.41, 5.74) is 5.26. The second kappa shape index (κ2) is 16.1. The van der Waals surface area contributed by atoms with Crippen molar-refractivity contribution in [2.45, 2.75) is 32.1 Å². The lowest BCUT2D eigenvalue weighted by Gasteiger charge is -2.21. The van der Waals surface area contributed by atoms with Gasteiger partial charge in [-0.05, 0) is 60.5 Å². The molecule has 4 aromatic carbocycles. The number of hydrazone groups is 1. The third-order valence-corrected chi connectivity index (χ3v) is 7.11. The molecular formula is C34H30Cl2N4O5. The first-order chi connectivity index (χ1) is 21.8. The van der Waals surface area contributed by atoms with Crippen LogP contribution in [0.3, 0.4) is 0 Å². The van der Waals surface area contributed by atoms with Crippen LogP contribution in [0.4, 0.5) is 0 Å². The highest BCUT2D eigenvalue weighted by Gasteiger charge is 2.25. The standard InChI is InChI=1S/C34H30Cl2N4O5/c1-22(45-30-15-13-27(35)18-28(30)36)33(41)39-29(16-23-8-4-3-5-9-23)34(42)40-38-20-24-12-14-31(32(17-24)43-2)44-21-26-11-7-6-10-25(26)19-37/h3-15,17-18,20,22,29H,16,21H2,1-2H3,(H,39,41)(H,40,42)/b38-20-/t22-,29+/m1/s1. The smallest absolute Gasteiger partial charge is 0.262 e. The molecule has 2 amide bonds. The van der Waals surface area contributed by atoms with E-state index in [1.807, 2.05) is 42.5 Å². The maximum absolute atomic E-state index is 13.2. The van der Waals surface area contributed by atoms with Gasteiger partial charge in [0.25, 0.3) is 11.8 Å². The third-order valence-electron chi connectivity index (χ3n) is 6.58. The average Bonchev–Trinajstić information content (AvgIpc) is 3.05. The molecule has 0 heterocycles. The minimum absolute atomic E-state index is 0.189. The van der Waals surface area contributed by atoms with Gasteiger partial charge in [0.05, 0.1) is 30.0 Å². The van der Waals surface area contributed by atoms with E-state index in [4.69, 9.17) is 37.4 Å². The number of ether oxygens (including phenoxy) is 3. The molecule has 0 aliphatic rings. The monoisotopic (exact) mass is 644 g/mol. The van der Waals surface area contributed by atoms with Crippen LogP contribution in [-0.2, 0) is 22.6 Å². The Balaban J connectivity index is 1.41. The summed E-state index contributed by atoms with van der Waals surface area (Å²) in [5, 5.41) is 16.9. The van der Waals surface area contributed by atoms with Gasteiger partial charge in [0.2, 0.25) is 0 Å². The minimum Gasteiger partial charge on any atom is -0.493 e. The SMILES string of the molecule is COc1cc(/C=N\NC(=O)[C@H](Cc2ccccc2)NC(=O)[C@@H](C)Oc2ccc(Cl)cc2Cl)ccc1OCc1ccccc1C#N. The summed E-state index contributed by atoms with van der Waals surface area (Å²) < 4.78 is 17.1. The number of methoxy groups -OCH3 is 1. The number of hydrogen-bond donors (Lipinski definition) is 2. The summed E-state index contributed by atoms with van der Waals surface area (Å²) >= 11 is 12.1. The maximum atomic E-state index is 13.2. The van der Waals surface area contributed by atoms with E-state index in [0.29, 0.717) is 27.6 Å². The Morgan fingerprint density at radius 2 is 1.67 bits per heavy atom. The van der Waals surface area contributed by atoms with Crippen molar-refractivity contribution in [3.63, 3.8) is 0 Å². The van der Waals surface area contributed by atoms with Crippen LogP contribution < -0.4 is 25.0 Å². The fourth-order valence-electron chi connectivity index (χ4n) is 4.21. The van der Waals surface area contributed by atoms with Crippen molar-refractivity contribution >= 4 is 41.2 Å². The Hall–Kier alpha value is -5.04. The molecule has 0 saturated heterocycles. The molecule has 230 valence electrons. The number of nitriles is 1. The largest absolute Gasteiger partial charge is 0.493 e. The molecule has 0 fully saturated rings. The first kappa shape index (κ1) is 32.9. The van der Waals surface area contributed by atoms with Crippen molar-refractivity contribution in [3.05, 3.63) is 123 Å². The summed E-state index contributed by atoms with van der Waals surface area (Å²) in [5.74, 6) is 0.176. The number of rotatable bonds is 13. The quantitative estimate of drug-likeness (QED) is 0.134. The van der Waals surface area contributed by atoms with Gasteiger partial charge in [0.15, 0.2) is 17.6 Å². The zero-order valence-corrected chi connectivity index (χ0v) is 26.0. The molecule has 0 unspecified atom stereocenters. The molecule has 0 radical (unpaired) electrons. The van der Waals surface area contributed by atoms with Crippen LogP contribution in [0.1, 0.15) is 29.2 Å². The Kier molecular flexibility index (Phi) is 11.8. The van der Waals surface area contributed by atoms with E-state index in [-0.39, 0.29) is 23.8 Å². The third kappa shape index (κ3) is 9.47. The second-order valence-corrected chi connectivity index (χ2v) is 10.6. The summed E-state index contributed by atoms with van der Waals surface area (Å²) in [6, 6.07) is 27.5. The second-order valence-electron chi connectivity index (χ2n) is 9.79. The van der Waals surface area contributed by atoms with E-state index < -0.39 is 24.0 Å². The highest BCUT2D eigenvalue weighted by Crippen LogP contribution is 2.29. The molecule has 0 saturated carbocycles. The van der Waals surface area contributed by atoms with E-state index in [2.05, 4.69) is 21.9 Å². The summed E-state index contributed by atoms with van der Waals surface area (Å²) in [6.45, 7) is 1.74. The lowest BCUT2D eigenvalue weighted by atomic mass is 10.1. The predicted molar refractivity (Wildman–Crippen MR) is 173 cm³/mol. The Labute approximate surface area is 271 Å². The number of carbonyl (C=O) groups excluding carboxylic acids is 2. The van der Waals surface area contributed by atoms with Crippen molar-refractivity contribution in [1.82, 2.24) is 10.7 Å². The highest BCUT2D eigenvalue weighted by molar-refractivity contribution is 6.35. The maximum Gasteiger partial charge on any atom is 0.262 e. The molecule has 0 aliphatic carbocycles. The number of carbonyl (C=O) groups is 2. The Morgan fingerprint density at radius 3 is 2.40 bits per heavy atom. The molecular weight excluding hydrogens is 615 g/mol. The molecule has 0 aliphatic heterocycles. The van der Waals surface area contributed by atoms with Crippen molar-refractivity contribution in [3.8, 4) is 23.3 Å². The van der Waals surface area contributed by atoms with Gasteiger partial charge in [-0.1, -0.05) is 71.7 Å². The Bertz CT molecular complexity index is 1710. The predicted octanol–water partition coefficient (Wildman–Crippen LogP) is 6.10. The normalized spacial score (nSPS) is 12.1. The van der Waals surface area contributed by atoms with E-state index in [0.717, 1.165) is 11.1 Å². The first-order valence-electron chi connectivity index (χ1n) is 13.8. The molecule has 0 aromatic heterocycles. The number of nitrogens with one attached hydrogen (secondary N) is 2. The molecule has 0 bridgehead atoms. The molecule has 4 rings (SSSR count). The summed E-state index contributed by atoms with van der Waals surface area (Å²) in [6.07, 6.45) is 0.710. The van der Waals surface area contributed by atoms with Gasteiger partial charge in [-0.15, -0.1) is 0 Å². The lowest BCUT2D eigenvalue weighted by molar-refractivity contribution is -0.132. The van der Waals surface area contributed by atoms with E-state index in [9.17, 15) is 14.9 Å². The van der Waals surface area contributed by atoms with Crippen LogP contribution in [0.25, 0.3) is 0 Å².